The van der Waals surface area contributed by atoms with E-state index in [1.54, 1.807) is 13.2 Å². The maximum absolute atomic E-state index is 10.2. The number of aliphatic imine (C=N–C) groups is 1. The van der Waals surface area contributed by atoms with Gasteiger partial charge in [-0.3, -0.25) is 0 Å². The highest BCUT2D eigenvalue weighted by molar-refractivity contribution is 14.0. The summed E-state index contributed by atoms with van der Waals surface area (Å²) in [6.45, 7) is 4.72. The van der Waals surface area contributed by atoms with Gasteiger partial charge in [-0.15, -0.1) is 24.0 Å². The molecule has 2 aromatic carbocycles. The van der Waals surface area contributed by atoms with Crippen molar-refractivity contribution < 1.29 is 14.6 Å². The number of para-hydroxylation sites is 1. The summed E-state index contributed by atoms with van der Waals surface area (Å²) < 4.78 is 10.7. The molecular formula is C21H28IN3O3. The number of rotatable bonds is 7. The summed E-state index contributed by atoms with van der Waals surface area (Å²) in [5.74, 6) is 2.34. The first kappa shape index (κ1) is 22.1. The Morgan fingerprint density at radius 1 is 1.25 bits per heavy atom. The minimum Gasteiger partial charge on any atom is -0.504 e. The van der Waals surface area contributed by atoms with Crippen molar-refractivity contribution in [2.24, 2.45) is 4.99 Å². The molecule has 0 aromatic heterocycles. The van der Waals surface area contributed by atoms with Gasteiger partial charge in [-0.2, -0.15) is 0 Å². The lowest BCUT2D eigenvalue weighted by molar-refractivity contribution is 0.357. The molecule has 0 atom stereocenters. The van der Waals surface area contributed by atoms with Crippen LogP contribution in [0.5, 0.6) is 17.2 Å². The molecule has 2 aromatic rings. The smallest absolute Gasteiger partial charge is 0.191 e. The third kappa shape index (κ3) is 5.67. The zero-order chi connectivity index (χ0) is 19.1. The molecule has 0 fully saturated rings. The summed E-state index contributed by atoms with van der Waals surface area (Å²) in [4.78, 5) is 4.57. The Morgan fingerprint density at radius 2 is 2.11 bits per heavy atom. The summed E-state index contributed by atoms with van der Waals surface area (Å²) in [5.41, 5.74) is 3.31. The van der Waals surface area contributed by atoms with Gasteiger partial charge in [-0.1, -0.05) is 24.3 Å². The van der Waals surface area contributed by atoms with Gasteiger partial charge in [0.25, 0.3) is 0 Å². The van der Waals surface area contributed by atoms with Gasteiger partial charge in [0.15, 0.2) is 17.5 Å². The number of fused-ring (bicyclic) bond motifs is 1. The molecule has 0 radical (unpaired) electrons. The molecule has 3 rings (SSSR count). The monoisotopic (exact) mass is 497 g/mol. The number of aromatic hydroxyl groups is 1. The molecule has 0 saturated heterocycles. The van der Waals surface area contributed by atoms with Crippen molar-refractivity contribution in [1.29, 1.82) is 0 Å². The molecule has 152 valence electrons. The van der Waals surface area contributed by atoms with Crippen LogP contribution in [0.4, 0.5) is 0 Å². The molecular weight excluding hydrogens is 469 g/mol. The largest absolute Gasteiger partial charge is 0.504 e. The van der Waals surface area contributed by atoms with Crippen LogP contribution in [0.25, 0.3) is 0 Å². The van der Waals surface area contributed by atoms with E-state index in [0.29, 0.717) is 12.3 Å². The number of guanidine groups is 1. The highest BCUT2D eigenvalue weighted by Gasteiger charge is 2.12. The van der Waals surface area contributed by atoms with E-state index in [1.807, 2.05) is 19.1 Å². The summed E-state index contributed by atoms with van der Waals surface area (Å²) >= 11 is 0. The summed E-state index contributed by atoms with van der Waals surface area (Å²) in [6, 6.07) is 11.8. The van der Waals surface area contributed by atoms with Crippen LogP contribution in [0.15, 0.2) is 41.4 Å². The van der Waals surface area contributed by atoms with Crippen LogP contribution in [0.1, 0.15) is 23.6 Å². The molecule has 0 aliphatic carbocycles. The van der Waals surface area contributed by atoms with Gasteiger partial charge in [-0.05, 0) is 36.6 Å². The molecule has 28 heavy (non-hydrogen) atoms. The fourth-order valence-electron chi connectivity index (χ4n) is 3.09. The van der Waals surface area contributed by atoms with Gasteiger partial charge in [0.1, 0.15) is 5.75 Å². The number of halogens is 1. The second-order valence-electron chi connectivity index (χ2n) is 6.38. The van der Waals surface area contributed by atoms with Gasteiger partial charge in [0, 0.05) is 25.1 Å². The SMILES string of the molecule is CCNC(=NCc1cccc(OC)c1O)NCCc1ccc2c(c1)CCO2.I. The molecule has 0 saturated carbocycles. The Bertz CT molecular complexity index is 811. The summed E-state index contributed by atoms with van der Waals surface area (Å²) in [5, 5.41) is 16.8. The molecule has 1 aliphatic heterocycles. The number of hydrogen-bond donors (Lipinski definition) is 3. The molecule has 0 unspecified atom stereocenters. The fraction of sp³-hybridized carbons (Fsp3) is 0.381. The zero-order valence-electron chi connectivity index (χ0n) is 16.3. The van der Waals surface area contributed by atoms with Crippen molar-refractivity contribution in [3.8, 4) is 17.2 Å². The predicted octanol–water partition coefficient (Wildman–Crippen LogP) is 3.25. The summed E-state index contributed by atoms with van der Waals surface area (Å²) in [7, 11) is 1.54. The molecule has 1 heterocycles. The van der Waals surface area contributed by atoms with Gasteiger partial charge < -0.3 is 25.2 Å². The zero-order valence-corrected chi connectivity index (χ0v) is 18.7. The Hall–Kier alpha value is -2.16. The average Bonchev–Trinajstić information content (AvgIpc) is 3.15. The minimum absolute atomic E-state index is 0. The fourth-order valence-corrected chi connectivity index (χ4v) is 3.09. The molecule has 0 amide bonds. The van der Waals surface area contributed by atoms with Crippen molar-refractivity contribution in [3.63, 3.8) is 0 Å². The lowest BCUT2D eigenvalue weighted by Crippen LogP contribution is -2.38. The number of phenols is 1. The van der Waals surface area contributed by atoms with Crippen LogP contribution in [0.3, 0.4) is 0 Å². The number of methoxy groups -OCH3 is 1. The third-order valence-corrected chi connectivity index (χ3v) is 4.51. The van der Waals surface area contributed by atoms with E-state index in [0.717, 1.165) is 49.8 Å². The Labute approximate surface area is 183 Å². The maximum atomic E-state index is 10.2. The topological polar surface area (TPSA) is 75.1 Å². The van der Waals surface area contributed by atoms with Gasteiger partial charge in [0.05, 0.1) is 20.3 Å². The van der Waals surface area contributed by atoms with E-state index in [1.165, 1.54) is 11.1 Å². The van der Waals surface area contributed by atoms with Crippen LogP contribution >= 0.6 is 24.0 Å². The Balaban J connectivity index is 0.00000280. The Morgan fingerprint density at radius 3 is 2.89 bits per heavy atom. The van der Waals surface area contributed by atoms with Gasteiger partial charge in [-0.25, -0.2) is 4.99 Å². The highest BCUT2D eigenvalue weighted by atomic mass is 127. The van der Waals surface area contributed by atoms with E-state index in [-0.39, 0.29) is 29.7 Å². The number of hydrogen-bond acceptors (Lipinski definition) is 4. The van der Waals surface area contributed by atoms with Crippen molar-refractivity contribution in [1.82, 2.24) is 10.6 Å². The lowest BCUT2D eigenvalue weighted by Gasteiger charge is -2.12. The Kier molecular flexibility index (Phi) is 8.69. The molecule has 6 nitrogen and oxygen atoms in total. The quantitative estimate of drug-likeness (QED) is 0.311. The normalized spacial score (nSPS) is 12.6. The van der Waals surface area contributed by atoms with Crippen molar-refractivity contribution in [2.75, 3.05) is 26.8 Å². The highest BCUT2D eigenvalue weighted by Crippen LogP contribution is 2.29. The number of benzene rings is 2. The van der Waals surface area contributed by atoms with Crippen molar-refractivity contribution in [2.45, 2.75) is 26.3 Å². The first-order valence-corrected chi connectivity index (χ1v) is 9.33. The number of nitrogens with one attached hydrogen (secondary N) is 2. The van der Waals surface area contributed by atoms with Crippen LogP contribution in [-0.2, 0) is 19.4 Å². The third-order valence-electron chi connectivity index (χ3n) is 4.51. The minimum atomic E-state index is 0. The second-order valence-corrected chi connectivity index (χ2v) is 6.38. The van der Waals surface area contributed by atoms with Crippen LogP contribution in [0.2, 0.25) is 0 Å². The first-order valence-electron chi connectivity index (χ1n) is 9.33. The van der Waals surface area contributed by atoms with Crippen molar-refractivity contribution in [3.05, 3.63) is 53.1 Å². The number of phenolic OH excluding ortho intramolecular Hbond substituents is 1. The molecule has 3 N–H and O–H groups in total. The lowest BCUT2D eigenvalue weighted by atomic mass is 10.1. The maximum Gasteiger partial charge on any atom is 0.191 e. The van der Waals surface area contributed by atoms with Gasteiger partial charge in [0.2, 0.25) is 0 Å². The van der Waals surface area contributed by atoms with E-state index in [9.17, 15) is 5.11 Å². The van der Waals surface area contributed by atoms with E-state index in [2.05, 4.69) is 33.8 Å². The van der Waals surface area contributed by atoms with Gasteiger partial charge >= 0.3 is 0 Å². The van der Waals surface area contributed by atoms with Crippen molar-refractivity contribution >= 4 is 29.9 Å². The first-order chi connectivity index (χ1) is 13.2. The molecule has 7 heteroatoms. The van der Waals surface area contributed by atoms with E-state index in [4.69, 9.17) is 9.47 Å². The molecule has 0 spiro atoms. The van der Waals surface area contributed by atoms with E-state index >= 15 is 0 Å². The van der Waals surface area contributed by atoms with Crippen LogP contribution in [-0.4, -0.2) is 37.9 Å². The van der Waals surface area contributed by atoms with E-state index < -0.39 is 0 Å². The number of ether oxygens (including phenoxy) is 2. The van der Waals surface area contributed by atoms with Crippen LogP contribution < -0.4 is 20.1 Å². The predicted molar refractivity (Wildman–Crippen MR) is 122 cm³/mol. The molecule has 1 aliphatic rings. The standard InChI is InChI=1S/C21H27N3O3.HI/c1-3-22-21(24-14-17-5-4-6-19(26-2)20(17)25)23-11-9-15-7-8-18-16(13-15)10-12-27-18;/h4-8,13,25H,3,9-12,14H2,1-2H3,(H2,22,23,24);1H. The average molecular weight is 497 g/mol. The summed E-state index contributed by atoms with van der Waals surface area (Å²) in [6.07, 6.45) is 1.90. The second kappa shape index (κ2) is 11.0. The molecule has 0 bridgehead atoms. The van der Waals surface area contributed by atoms with Crippen LogP contribution in [0, 0.1) is 0 Å². The number of nitrogens with zero attached hydrogens (tertiary/aromatic N) is 1.